The number of ether oxygens (including phenoxy) is 1. The molecule has 0 saturated carbocycles. The van der Waals surface area contributed by atoms with Gasteiger partial charge in [-0.25, -0.2) is 18.4 Å². The molecule has 38 heavy (non-hydrogen) atoms. The summed E-state index contributed by atoms with van der Waals surface area (Å²) >= 11 is 0. The third kappa shape index (κ3) is 5.36. The van der Waals surface area contributed by atoms with E-state index < -0.39 is 10.0 Å². The number of para-hydroxylation sites is 1. The van der Waals surface area contributed by atoms with Crippen molar-refractivity contribution in [2.75, 3.05) is 38.6 Å². The first-order valence-corrected chi connectivity index (χ1v) is 14.3. The Labute approximate surface area is 224 Å². The number of nitrogens with one attached hydrogen (secondary N) is 1. The molecule has 0 amide bonds. The zero-order chi connectivity index (χ0) is 26.7. The molecule has 0 aliphatic carbocycles. The van der Waals surface area contributed by atoms with E-state index in [1.165, 1.54) is 0 Å². The monoisotopic (exact) mass is 531 g/mol. The molecule has 1 aliphatic rings. The number of hydrogen-bond acceptors (Lipinski definition) is 7. The van der Waals surface area contributed by atoms with Gasteiger partial charge in [0.1, 0.15) is 17.4 Å². The molecule has 1 N–H and O–H groups in total. The third-order valence-corrected chi connectivity index (χ3v) is 9.05. The first-order chi connectivity index (χ1) is 18.4. The molecule has 0 unspecified atom stereocenters. The molecule has 198 valence electrons. The second kappa shape index (κ2) is 11.1. The lowest BCUT2D eigenvalue weighted by Gasteiger charge is -2.36. The number of aromatic nitrogens is 2. The average Bonchev–Trinajstić information content (AvgIpc) is 2.97. The second-order valence-electron chi connectivity index (χ2n) is 9.41. The molecule has 9 heteroatoms. The molecule has 1 aliphatic heterocycles. The van der Waals surface area contributed by atoms with Gasteiger partial charge < -0.3 is 10.1 Å². The molecule has 0 radical (unpaired) electrons. The maximum atomic E-state index is 13.2. The number of aryl methyl sites for hydroxylation is 1. The van der Waals surface area contributed by atoms with E-state index in [0.717, 1.165) is 40.1 Å². The van der Waals surface area contributed by atoms with Gasteiger partial charge in [0.15, 0.2) is 0 Å². The number of hydrogen-bond donors (Lipinski definition) is 1. The predicted molar refractivity (Wildman–Crippen MR) is 150 cm³/mol. The first kappa shape index (κ1) is 26.1. The van der Waals surface area contributed by atoms with Crippen LogP contribution in [0, 0.1) is 0 Å². The van der Waals surface area contributed by atoms with Crippen LogP contribution in [0.3, 0.4) is 0 Å². The van der Waals surface area contributed by atoms with Crippen molar-refractivity contribution in [2.24, 2.45) is 0 Å². The maximum Gasteiger partial charge on any atom is 0.243 e. The zero-order valence-corrected chi connectivity index (χ0v) is 22.8. The lowest BCUT2D eigenvalue weighted by molar-refractivity contribution is 0.141. The summed E-state index contributed by atoms with van der Waals surface area (Å²) in [5, 5.41) is 4.37. The Hall–Kier alpha value is -3.53. The number of methoxy groups -OCH3 is 1. The summed E-state index contributed by atoms with van der Waals surface area (Å²) in [6.07, 6.45) is 0.880. The van der Waals surface area contributed by atoms with E-state index in [-0.39, 0.29) is 6.04 Å². The molecule has 3 aromatic carbocycles. The van der Waals surface area contributed by atoms with Crippen LogP contribution in [0.5, 0.6) is 5.75 Å². The van der Waals surface area contributed by atoms with Crippen LogP contribution in [0.2, 0.25) is 0 Å². The van der Waals surface area contributed by atoms with Crippen LogP contribution in [-0.4, -0.2) is 60.9 Å². The highest BCUT2D eigenvalue weighted by Gasteiger charge is 2.31. The highest BCUT2D eigenvalue weighted by Crippen LogP contribution is 2.29. The summed E-state index contributed by atoms with van der Waals surface area (Å²) < 4.78 is 33.3. The second-order valence-corrected chi connectivity index (χ2v) is 11.4. The smallest absolute Gasteiger partial charge is 0.243 e. The highest BCUT2D eigenvalue weighted by atomic mass is 32.2. The summed E-state index contributed by atoms with van der Waals surface area (Å²) in [7, 11) is -1.87. The van der Waals surface area contributed by atoms with E-state index in [1.807, 2.05) is 60.7 Å². The Morgan fingerprint density at radius 2 is 1.61 bits per heavy atom. The van der Waals surface area contributed by atoms with Crippen LogP contribution in [0.1, 0.15) is 31.3 Å². The van der Waals surface area contributed by atoms with Gasteiger partial charge in [0.25, 0.3) is 0 Å². The Morgan fingerprint density at radius 1 is 0.921 bits per heavy atom. The van der Waals surface area contributed by atoms with Crippen LogP contribution in [0.25, 0.3) is 10.9 Å². The summed E-state index contributed by atoms with van der Waals surface area (Å²) in [4.78, 5) is 12.4. The maximum absolute atomic E-state index is 13.2. The largest absolute Gasteiger partial charge is 0.497 e. The summed E-state index contributed by atoms with van der Waals surface area (Å²) in [5.74, 6) is 2.22. The van der Waals surface area contributed by atoms with Crippen molar-refractivity contribution in [1.82, 2.24) is 19.2 Å². The van der Waals surface area contributed by atoms with Crippen molar-refractivity contribution >= 4 is 32.4 Å². The Morgan fingerprint density at radius 3 is 2.26 bits per heavy atom. The number of piperazine rings is 1. The molecular weight excluding hydrogens is 498 g/mol. The molecule has 1 saturated heterocycles. The van der Waals surface area contributed by atoms with Gasteiger partial charge in [0.05, 0.1) is 23.6 Å². The minimum Gasteiger partial charge on any atom is -0.497 e. The number of rotatable bonds is 8. The molecule has 8 nitrogen and oxygen atoms in total. The van der Waals surface area contributed by atoms with Crippen molar-refractivity contribution < 1.29 is 13.2 Å². The topological polar surface area (TPSA) is 87.7 Å². The van der Waals surface area contributed by atoms with Gasteiger partial charge >= 0.3 is 0 Å². The Bertz CT molecular complexity index is 1500. The molecule has 0 spiro atoms. The minimum atomic E-state index is -3.52. The average molecular weight is 532 g/mol. The summed E-state index contributed by atoms with van der Waals surface area (Å²) in [6, 6.07) is 22.8. The molecular formula is C29H33N5O3S. The van der Waals surface area contributed by atoms with Gasteiger partial charge in [-0.05, 0) is 67.4 Å². The van der Waals surface area contributed by atoms with Gasteiger partial charge in [-0.1, -0.05) is 31.2 Å². The number of anilines is 2. The van der Waals surface area contributed by atoms with Crippen molar-refractivity contribution in [3.8, 4) is 5.75 Å². The van der Waals surface area contributed by atoms with Crippen molar-refractivity contribution in [3.05, 3.63) is 84.2 Å². The minimum absolute atomic E-state index is 0.0790. The summed E-state index contributed by atoms with van der Waals surface area (Å²) in [6.45, 7) is 6.19. The van der Waals surface area contributed by atoms with Crippen LogP contribution in [0.4, 0.5) is 11.5 Å². The number of sulfonamides is 1. The van der Waals surface area contributed by atoms with Gasteiger partial charge in [0, 0.05) is 37.3 Å². The molecule has 5 rings (SSSR count). The normalized spacial score (nSPS) is 15.9. The SMILES string of the molecule is CCc1ccc(S(=O)(=O)N2CCN([C@@H](C)c3nc(Nc4ccc(OC)cc4)c4ccccc4n3)CC2)cc1. The molecule has 1 fully saturated rings. The van der Waals surface area contributed by atoms with Gasteiger partial charge in [-0.3, -0.25) is 4.90 Å². The zero-order valence-electron chi connectivity index (χ0n) is 22.0. The van der Waals surface area contributed by atoms with Crippen molar-refractivity contribution in [1.29, 1.82) is 0 Å². The first-order valence-electron chi connectivity index (χ1n) is 12.9. The van der Waals surface area contributed by atoms with Crippen LogP contribution in [0.15, 0.2) is 77.7 Å². The Kier molecular flexibility index (Phi) is 7.60. The molecule has 0 bridgehead atoms. The number of nitrogens with zero attached hydrogens (tertiary/aromatic N) is 4. The quantitative estimate of drug-likeness (QED) is 0.342. The van der Waals surface area contributed by atoms with Crippen LogP contribution >= 0.6 is 0 Å². The fraction of sp³-hybridized carbons (Fsp3) is 0.310. The van der Waals surface area contributed by atoms with Crippen molar-refractivity contribution in [3.63, 3.8) is 0 Å². The molecule has 4 aromatic rings. The van der Waals surface area contributed by atoms with Gasteiger partial charge in [0.2, 0.25) is 10.0 Å². The third-order valence-electron chi connectivity index (χ3n) is 7.14. The van der Waals surface area contributed by atoms with E-state index in [2.05, 4.69) is 24.1 Å². The summed E-state index contributed by atoms with van der Waals surface area (Å²) in [5.41, 5.74) is 2.88. The van der Waals surface area contributed by atoms with E-state index in [4.69, 9.17) is 14.7 Å². The van der Waals surface area contributed by atoms with Crippen molar-refractivity contribution in [2.45, 2.75) is 31.2 Å². The van der Waals surface area contributed by atoms with E-state index in [0.29, 0.717) is 36.9 Å². The molecule has 1 atom stereocenters. The molecule has 2 heterocycles. The van der Waals surface area contributed by atoms with Gasteiger partial charge in [-0.2, -0.15) is 4.31 Å². The lowest BCUT2D eigenvalue weighted by atomic mass is 10.2. The van der Waals surface area contributed by atoms with Crippen LogP contribution < -0.4 is 10.1 Å². The predicted octanol–water partition coefficient (Wildman–Crippen LogP) is 5.01. The van der Waals surface area contributed by atoms with E-state index >= 15 is 0 Å². The Balaban J connectivity index is 1.33. The fourth-order valence-corrected chi connectivity index (χ4v) is 6.15. The number of benzene rings is 3. The highest BCUT2D eigenvalue weighted by molar-refractivity contribution is 7.89. The van der Waals surface area contributed by atoms with E-state index in [9.17, 15) is 8.42 Å². The van der Waals surface area contributed by atoms with Gasteiger partial charge in [-0.15, -0.1) is 0 Å². The molecule has 1 aromatic heterocycles. The standard InChI is InChI=1S/C29H33N5O3S/c1-4-22-9-15-25(16-10-22)38(35,36)34-19-17-33(18-20-34)21(2)28-31-27-8-6-5-7-26(27)29(32-28)30-23-11-13-24(37-3)14-12-23/h5-16,21H,4,17-20H2,1-3H3,(H,30,31,32)/t21-/m0/s1. The number of fused-ring (bicyclic) bond motifs is 1. The fourth-order valence-electron chi connectivity index (χ4n) is 4.73. The van der Waals surface area contributed by atoms with Crippen LogP contribution in [-0.2, 0) is 16.4 Å². The van der Waals surface area contributed by atoms with E-state index in [1.54, 1.807) is 23.5 Å². The lowest BCUT2D eigenvalue weighted by Crippen LogP contribution is -2.49.